The highest BCUT2D eigenvalue weighted by molar-refractivity contribution is 7.99. The average Bonchev–Trinajstić information content (AvgIpc) is 3.22. The van der Waals surface area contributed by atoms with Crippen molar-refractivity contribution in [2.75, 3.05) is 11.5 Å². The van der Waals surface area contributed by atoms with Gasteiger partial charge in [-0.05, 0) is 17.9 Å². The molecule has 0 bridgehead atoms. The molecule has 0 fully saturated rings. The summed E-state index contributed by atoms with van der Waals surface area (Å²) in [7, 11) is -3.48. The van der Waals surface area contributed by atoms with Gasteiger partial charge < -0.3 is 0 Å². The number of fused-ring (bicyclic) bond motifs is 1. The molecule has 10 heteroatoms. The molecular weight excluding hydrogens is 410 g/mol. The summed E-state index contributed by atoms with van der Waals surface area (Å²) in [6.45, 7) is 4.07. The van der Waals surface area contributed by atoms with Crippen LogP contribution in [-0.4, -0.2) is 29.5 Å². The van der Waals surface area contributed by atoms with E-state index in [-0.39, 0.29) is 11.3 Å². The zero-order chi connectivity index (χ0) is 18.7. The molecule has 0 amide bonds. The first-order chi connectivity index (χ1) is 12.4. The molecule has 2 N–H and O–H groups in total. The van der Waals surface area contributed by atoms with Gasteiger partial charge in [0.1, 0.15) is 4.83 Å². The van der Waals surface area contributed by atoms with Crippen LogP contribution < -0.4 is 10.7 Å². The third-order valence-corrected chi connectivity index (χ3v) is 7.26. The van der Waals surface area contributed by atoms with Gasteiger partial charge >= 0.3 is 0 Å². The third-order valence-electron chi connectivity index (χ3n) is 3.56. The molecule has 0 aliphatic carbocycles. The van der Waals surface area contributed by atoms with Crippen molar-refractivity contribution in [2.45, 2.75) is 18.1 Å². The Morgan fingerprint density at radius 3 is 2.85 bits per heavy atom. The lowest BCUT2D eigenvalue weighted by molar-refractivity contribution is 0.596. The molecule has 0 aliphatic rings. The van der Waals surface area contributed by atoms with E-state index < -0.39 is 10.0 Å². The summed E-state index contributed by atoms with van der Waals surface area (Å²) in [6, 6.07) is 3.94. The second-order valence-corrected chi connectivity index (χ2v) is 10.1. The minimum Gasteiger partial charge on any atom is -0.283 e. The largest absolute Gasteiger partial charge is 0.283 e. The van der Waals surface area contributed by atoms with Crippen LogP contribution in [0, 0.1) is 0 Å². The lowest BCUT2D eigenvalue weighted by Gasteiger charge is -2.10. The smallest absolute Gasteiger partial charge is 0.263 e. The number of hydrogen-bond donors (Lipinski definition) is 1. The van der Waals surface area contributed by atoms with E-state index in [1.54, 1.807) is 22.0 Å². The van der Waals surface area contributed by atoms with Crippen molar-refractivity contribution in [3.63, 3.8) is 0 Å². The van der Waals surface area contributed by atoms with E-state index in [2.05, 4.69) is 11.6 Å². The van der Waals surface area contributed by atoms with Gasteiger partial charge in [0.05, 0.1) is 11.1 Å². The number of rotatable bonds is 8. The average molecular weight is 428 g/mol. The minimum atomic E-state index is -3.48. The van der Waals surface area contributed by atoms with Crippen molar-refractivity contribution in [2.24, 2.45) is 5.14 Å². The number of nitrogens with two attached hydrogens (primary N) is 1. The fourth-order valence-electron chi connectivity index (χ4n) is 2.44. The third kappa shape index (κ3) is 4.26. The Hall–Kier alpha value is -1.46. The summed E-state index contributed by atoms with van der Waals surface area (Å²) >= 11 is 4.38. The van der Waals surface area contributed by atoms with Gasteiger partial charge in [-0.15, -0.1) is 29.3 Å². The monoisotopic (exact) mass is 427 g/mol. The van der Waals surface area contributed by atoms with Crippen LogP contribution in [0.3, 0.4) is 0 Å². The molecule has 0 spiro atoms. The molecule has 0 unspecified atom stereocenters. The number of sulfonamides is 1. The van der Waals surface area contributed by atoms with E-state index in [0.717, 1.165) is 10.4 Å². The molecule has 0 saturated carbocycles. The van der Waals surface area contributed by atoms with Gasteiger partial charge in [0.15, 0.2) is 5.16 Å². The number of hydrogen-bond acceptors (Lipinski definition) is 7. The molecule has 0 aromatic carbocycles. The minimum absolute atomic E-state index is 0.0878. The molecule has 138 valence electrons. The van der Waals surface area contributed by atoms with Gasteiger partial charge in [-0.25, -0.2) is 18.5 Å². The van der Waals surface area contributed by atoms with Gasteiger partial charge in [-0.3, -0.25) is 9.36 Å². The number of primary sulfonamides is 1. The van der Waals surface area contributed by atoms with Crippen LogP contribution in [-0.2, 0) is 16.6 Å². The SMILES string of the molecule is C=CCn1c(SCCCS(N)(=O)=O)nc2scc(-c3cccs3)c2c1=O. The molecule has 3 rings (SSSR count). The summed E-state index contributed by atoms with van der Waals surface area (Å²) in [5, 5.41) is 10.1. The predicted molar refractivity (Wildman–Crippen MR) is 111 cm³/mol. The summed E-state index contributed by atoms with van der Waals surface area (Å²) in [5.74, 6) is 0.421. The van der Waals surface area contributed by atoms with Crippen molar-refractivity contribution in [1.29, 1.82) is 0 Å². The fourth-order valence-corrected chi connectivity index (χ4v) is 5.92. The van der Waals surface area contributed by atoms with E-state index in [4.69, 9.17) is 5.14 Å². The van der Waals surface area contributed by atoms with E-state index in [0.29, 0.717) is 34.1 Å². The predicted octanol–water partition coefficient (Wildman–Crippen LogP) is 3.14. The second kappa shape index (κ2) is 8.05. The van der Waals surface area contributed by atoms with Gasteiger partial charge in [0.25, 0.3) is 5.56 Å². The number of allylic oxidation sites excluding steroid dienone is 1. The van der Waals surface area contributed by atoms with Crippen molar-refractivity contribution in [3.05, 3.63) is 45.9 Å². The van der Waals surface area contributed by atoms with E-state index in [9.17, 15) is 13.2 Å². The fraction of sp³-hybridized carbons (Fsp3) is 0.250. The molecule has 0 saturated heterocycles. The maximum absolute atomic E-state index is 13.1. The molecule has 0 aliphatic heterocycles. The second-order valence-electron chi connectivity index (χ2n) is 5.47. The number of aromatic nitrogens is 2. The quantitative estimate of drug-likeness (QED) is 0.258. The molecule has 3 aromatic heterocycles. The Bertz CT molecular complexity index is 1080. The Labute approximate surface area is 163 Å². The zero-order valence-corrected chi connectivity index (χ0v) is 17.0. The molecule has 3 heterocycles. The highest BCUT2D eigenvalue weighted by Gasteiger charge is 2.17. The maximum Gasteiger partial charge on any atom is 0.263 e. The van der Waals surface area contributed by atoms with Gasteiger partial charge in [-0.2, -0.15) is 0 Å². The van der Waals surface area contributed by atoms with Crippen molar-refractivity contribution in [1.82, 2.24) is 9.55 Å². The summed E-state index contributed by atoms with van der Waals surface area (Å²) in [4.78, 5) is 19.4. The van der Waals surface area contributed by atoms with E-state index in [1.165, 1.54) is 23.1 Å². The van der Waals surface area contributed by atoms with Crippen LogP contribution in [0.25, 0.3) is 20.7 Å². The first-order valence-corrected chi connectivity index (χ1v) is 12.2. The zero-order valence-electron chi connectivity index (χ0n) is 13.8. The highest BCUT2D eigenvalue weighted by Crippen LogP contribution is 2.34. The van der Waals surface area contributed by atoms with Gasteiger partial charge in [-0.1, -0.05) is 23.9 Å². The lowest BCUT2D eigenvalue weighted by Crippen LogP contribution is -2.23. The normalized spacial score (nSPS) is 11.9. The van der Waals surface area contributed by atoms with Crippen molar-refractivity contribution < 1.29 is 8.42 Å². The Balaban J connectivity index is 1.98. The number of thioether (sulfide) groups is 1. The van der Waals surface area contributed by atoms with Crippen LogP contribution in [0.2, 0.25) is 0 Å². The van der Waals surface area contributed by atoms with E-state index in [1.807, 2.05) is 22.9 Å². The first-order valence-electron chi connectivity index (χ1n) is 7.71. The van der Waals surface area contributed by atoms with Crippen LogP contribution in [0.1, 0.15) is 6.42 Å². The lowest BCUT2D eigenvalue weighted by atomic mass is 10.2. The summed E-state index contributed by atoms with van der Waals surface area (Å²) < 4.78 is 23.7. The number of thiophene rings is 2. The van der Waals surface area contributed by atoms with Crippen molar-refractivity contribution in [3.8, 4) is 10.4 Å². The molecular formula is C16H17N3O3S4. The summed E-state index contributed by atoms with van der Waals surface area (Å²) in [6.07, 6.45) is 2.05. The van der Waals surface area contributed by atoms with Crippen molar-refractivity contribution >= 4 is 54.7 Å². The Kier molecular flexibility index (Phi) is 5.98. The van der Waals surface area contributed by atoms with Gasteiger partial charge in [0.2, 0.25) is 10.0 Å². The van der Waals surface area contributed by atoms with Crippen LogP contribution in [0.5, 0.6) is 0 Å². The molecule has 26 heavy (non-hydrogen) atoms. The standard InChI is InChI=1S/C16H17N3O3S4/c1-2-6-19-15(20)13-11(12-5-3-7-23-12)10-25-14(13)18-16(19)24-8-4-9-26(17,21)22/h2-3,5,7,10H,1,4,6,8-9H2,(H2,17,21,22). The topological polar surface area (TPSA) is 95.1 Å². The molecule has 0 radical (unpaired) electrons. The molecule has 3 aromatic rings. The number of nitrogens with zero attached hydrogens (tertiary/aromatic N) is 2. The Morgan fingerprint density at radius 2 is 2.19 bits per heavy atom. The molecule has 6 nitrogen and oxygen atoms in total. The highest BCUT2D eigenvalue weighted by atomic mass is 32.2. The molecule has 0 atom stereocenters. The van der Waals surface area contributed by atoms with E-state index >= 15 is 0 Å². The first kappa shape index (κ1) is 19.3. The maximum atomic E-state index is 13.1. The van der Waals surface area contributed by atoms with Gasteiger partial charge in [0, 0.05) is 28.1 Å². The Morgan fingerprint density at radius 1 is 1.38 bits per heavy atom. The summed E-state index contributed by atoms with van der Waals surface area (Å²) in [5.41, 5.74) is 0.801. The van der Waals surface area contributed by atoms with Crippen LogP contribution in [0.4, 0.5) is 0 Å². The van der Waals surface area contributed by atoms with Crippen LogP contribution in [0.15, 0.2) is 45.5 Å². The van der Waals surface area contributed by atoms with Crippen LogP contribution >= 0.6 is 34.4 Å².